The van der Waals surface area contributed by atoms with Gasteiger partial charge in [-0.15, -0.1) is 0 Å². The summed E-state index contributed by atoms with van der Waals surface area (Å²) in [5.74, 6) is -0.473. The van der Waals surface area contributed by atoms with Crippen molar-refractivity contribution in [2.75, 3.05) is 13.1 Å². The van der Waals surface area contributed by atoms with Crippen LogP contribution in [0.1, 0.15) is 24.4 Å². The van der Waals surface area contributed by atoms with Gasteiger partial charge in [-0.3, -0.25) is 9.48 Å². The average Bonchev–Trinajstić information content (AvgIpc) is 3.38. The minimum absolute atomic E-state index is 0.0719. The molecule has 1 amide bonds. The molecule has 1 aliphatic rings. The van der Waals surface area contributed by atoms with Crippen LogP contribution in [-0.4, -0.2) is 43.5 Å². The first kappa shape index (κ1) is 18.6. The van der Waals surface area contributed by atoms with Crippen LogP contribution in [0.3, 0.4) is 0 Å². The first-order valence-electron chi connectivity index (χ1n) is 9.06. The number of amides is 1. The standard InChI is InChI=1S/C20H19BrFN5O/c21-16-12-24-27(13-16)19-6-4-15(11-18(19)22)5-7-20(28)25-9-1-3-17(14-25)26-10-2-8-23-26/h2,4-8,10-13,17H,1,3,9,14H2/b7-5+. The maximum atomic E-state index is 14.4. The molecule has 1 aliphatic heterocycles. The third-order valence-corrected chi connectivity index (χ3v) is 5.20. The van der Waals surface area contributed by atoms with E-state index in [1.807, 2.05) is 21.8 Å². The molecule has 6 nitrogen and oxygen atoms in total. The molecular formula is C20H19BrFN5O. The highest BCUT2D eigenvalue weighted by molar-refractivity contribution is 9.10. The zero-order valence-electron chi connectivity index (χ0n) is 15.1. The van der Waals surface area contributed by atoms with E-state index in [9.17, 15) is 9.18 Å². The van der Waals surface area contributed by atoms with Crippen LogP contribution in [0.5, 0.6) is 0 Å². The van der Waals surface area contributed by atoms with Gasteiger partial charge >= 0.3 is 0 Å². The summed E-state index contributed by atoms with van der Waals surface area (Å²) in [4.78, 5) is 14.4. The Bertz CT molecular complexity index is 998. The van der Waals surface area contributed by atoms with Gasteiger partial charge in [0.1, 0.15) is 11.5 Å². The van der Waals surface area contributed by atoms with Gasteiger partial charge in [-0.2, -0.15) is 10.2 Å². The van der Waals surface area contributed by atoms with Crippen molar-refractivity contribution in [2.45, 2.75) is 18.9 Å². The summed E-state index contributed by atoms with van der Waals surface area (Å²) in [5.41, 5.74) is 0.980. The van der Waals surface area contributed by atoms with Crippen molar-refractivity contribution >= 4 is 27.9 Å². The molecule has 0 saturated carbocycles. The number of nitrogens with zero attached hydrogens (tertiary/aromatic N) is 5. The van der Waals surface area contributed by atoms with E-state index >= 15 is 0 Å². The highest BCUT2D eigenvalue weighted by atomic mass is 79.9. The van der Waals surface area contributed by atoms with Crippen LogP contribution in [0.15, 0.2) is 59.6 Å². The minimum atomic E-state index is -0.401. The summed E-state index contributed by atoms with van der Waals surface area (Å²) in [6.07, 6.45) is 12.1. The zero-order chi connectivity index (χ0) is 19.5. The predicted molar refractivity (Wildman–Crippen MR) is 107 cm³/mol. The molecule has 0 spiro atoms. The molecule has 144 valence electrons. The average molecular weight is 444 g/mol. The SMILES string of the molecule is O=C(/C=C/c1ccc(-n2cc(Br)cn2)c(F)c1)N1CCCC(n2cccn2)C1. The maximum absolute atomic E-state index is 14.4. The number of likely N-dealkylation sites (tertiary alicyclic amines) is 1. The summed E-state index contributed by atoms with van der Waals surface area (Å²) in [7, 11) is 0. The minimum Gasteiger partial charge on any atom is -0.337 e. The quantitative estimate of drug-likeness (QED) is 0.575. The third-order valence-electron chi connectivity index (χ3n) is 4.80. The monoisotopic (exact) mass is 443 g/mol. The number of rotatable bonds is 4. The molecule has 8 heteroatoms. The number of carbonyl (C=O) groups excluding carboxylic acids is 1. The van der Waals surface area contributed by atoms with Crippen molar-refractivity contribution < 1.29 is 9.18 Å². The highest BCUT2D eigenvalue weighted by Gasteiger charge is 2.23. The Hall–Kier alpha value is -2.74. The van der Waals surface area contributed by atoms with Gasteiger partial charge in [-0.25, -0.2) is 9.07 Å². The number of piperidine rings is 1. The van der Waals surface area contributed by atoms with Crippen molar-refractivity contribution in [3.05, 3.63) is 71.0 Å². The van der Waals surface area contributed by atoms with E-state index in [-0.39, 0.29) is 11.9 Å². The summed E-state index contributed by atoms with van der Waals surface area (Å²) in [6, 6.07) is 6.90. The molecule has 1 aromatic carbocycles. The second kappa shape index (κ2) is 8.10. The molecule has 1 unspecified atom stereocenters. The molecule has 0 bridgehead atoms. The van der Waals surface area contributed by atoms with Crippen LogP contribution in [0.2, 0.25) is 0 Å². The Morgan fingerprint density at radius 1 is 1.32 bits per heavy atom. The third kappa shape index (κ3) is 4.06. The fraction of sp³-hybridized carbons (Fsp3) is 0.250. The molecule has 0 radical (unpaired) electrons. The van der Waals surface area contributed by atoms with Gasteiger partial charge in [-0.1, -0.05) is 6.07 Å². The molecule has 2 aromatic heterocycles. The molecule has 3 heterocycles. The van der Waals surface area contributed by atoms with E-state index in [4.69, 9.17) is 0 Å². The molecule has 1 fully saturated rings. The number of aromatic nitrogens is 4. The van der Waals surface area contributed by atoms with Crippen molar-refractivity contribution in [2.24, 2.45) is 0 Å². The van der Waals surface area contributed by atoms with Crippen LogP contribution >= 0.6 is 15.9 Å². The fourth-order valence-corrected chi connectivity index (χ4v) is 3.67. The van der Waals surface area contributed by atoms with Crippen LogP contribution in [0, 0.1) is 5.82 Å². The Morgan fingerprint density at radius 3 is 2.93 bits per heavy atom. The maximum Gasteiger partial charge on any atom is 0.246 e. The number of hydrogen-bond donors (Lipinski definition) is 0. The molecule has 0 aliphatic carbocycles. The molecule has 1 saturated heterocycles. The lowest BCUT2D eigenvalue weighted by molar-refractivity contribution is -0.127. The second-order valence-corrected chi connectivity index (χ2v) is 7.63. The lowest BCUT2D eigenvalue weighted by atomic mass is 10.1. The second-order valence-electron chi connectivity index (χ2n) is 6.71. The summed E-state index contributed by atoms with van der Waals surface area (Å²) >= 11 is 3.30. The number of hydrogen-bond acceptors (Lipinski definition) is 3. The smallest absolute Gasteiger partial charge is 0.246 e. The normalized spacial score (nSPS) is 17.4. The van der Waals surface area contributed by atoms with E-state index in [0.29, 0.717) is 17.8 Å². The van der Waals surface area contributed by atoms with Crippen LogP contribution in [-0.2, 0) is 4.79 Å². The Labute approximate surface area is 170 Å². The van der Waals surface area contributed by atoms with E-state index in [1.165, 1.54) is 16.8 Å². The summed E-state index contributed by atoms with van der Waals surface area (Å²) < 4.78 is 18.6. The molecule has 0 N–H and O–H groups in total. The summed E-state index contributed by atoms with van der Waals surface area (Å²) in [5, 5.41) is 8.36. The number of halogens is 2. The first-order chi connectivity index (χ1) is 13.6. The van der Waals surface area contributed by atoms with Gasteiger partial charge < -0.3 is 4.90 Å². The van der Waals surface area contributed by atoms with Crippen LogP contribution < -0.4 is 0 Å². The zero-order valence-corrected chi connectivity index (χ0v) is 16.7. The highest BCUT2D eigenvalue weighted by Crippen LogP contribution is 2.21. The Balaban J connectivity index is 1.43. The number of benzene rings is 1. The van der Waals surface area contributed by atoms with Gasteiger partial charge in [0.05, 0.1) is 16.7 Å². The van der Waals surface area contributed by atoms with Gasteiger partial charge in [0.2, 0.25) is 5.91 Å². The predicted octanol–water partition coefficient (Wildman–Crippen LogP) is 3.85. The van der Waals surface area contributed by atoms with E-state index in [0.717, 1.165) is 23.9 Å². The van der Waals surface area contributed by atoms with Crippen LogP contribution in [0.25, 0.3) is 11.8 Å². The molecule has 3 aromatic rings. The summed E-state index contributed by atoms with van der Waals surface area (Å²) in [6.45, 7) is 1.36. The van der Waals surface area contributed by atoms with E-state index < -0.39 is 5.82 Å². The fourth-order valence-electron chi connectivity index (χ4n) is 3.39. The Morgan fingerprint density at radius 2 is 2.21 bits per heavy atom. The van der Waals surface area contributed by atoms with E-state index in [1.54, 1.807) is 36.8 Å². The molecule has 4 rings (SSSR count). The van der Waals surface area contributed by atoms with Gasteiger partial charge in [-0.05, 0) is 58.6 Å². The van der Waals surface area contributed by atoms with Crippen molar-refractivity contribution in [3.63, 3.8) is 0 Å². The van der Waals surface area contributed by atoms with Gasteiger partial charge in [0.25, 0.3) is 0 Å². The largest absolute Gasteiger partial charge is 0.337 e. The van der Waals surface area contributed by atoms with Crippen LogP contribution in [0.4, 0.5) is 4.39 Å². The molecular weight excluding hydrogens is 425 g/mol. The molecule has 28 heavy (non-hydrogen) atoms. The van der Waals surface area contributed by atoms with Crippen molar-refractivity contribution in [1.82, 2.24) is 24.5 Å². The van der Waals surface area contributed by atoms with Crippen molar-refractivity contribution in [1.29, 1.82) is 0 Å². The topological polar surface area (TPSA) is 56.0 Å². The van der Waals surface area contributed by atoms with Crippen molar-refractivity contribution in [3.8, 4) is 5.69 Å². The van der Waals surface area contributed by atoms with Gasteiger partial charge in [0, 0.05) is 37.8 Å². The Kier molecular flexibility index (Phi) is 5.38. The van der Waals surface area contributed by atoms with Gasteiger partial charge in [0.15, 0.2) is 0 Å². The lowest BCUT2D eigenvalue weighted by Gasteiger charge is -2.32. The van der Waals surface area contributed by atoms with E-state index in [2.05, 4.69) is 26.1 Å². The number of carbonyl (C=O) groups is 1. The first-order valence-corrected chi connectivity index (χ1v) is 9.85. The lowest BCUT2D eigenvalue weighted by Crippen LogP contribution is -2.40. The molecule has 1 atom stereocenters.